The molecule has 0 aliphatic carbocycles. The summed E-state index contributed by atoms with van der Waals surface area (Å²) in [6, 6.07) is 4.87. The molecule has 0 spiro atoms. The van der Waals surface area contributed by atoms with Crippen LogP contribution in [-0.2, 0) is 11.3 Å². The van der Waals surface area contributed by atoms with E-state index in [-0.39, 0.29) is 18.5 Å². The smallest absolute Gasteiger partial charge is 0.261 e. The fourth-order valence-corrected chi connectivity index (χ4v) is 1.69. The summed E-state index contributed by atoms with van der Waals surface area (Å²) >= 11 is 5.80. The quantitative estimate of drug-likeness (QED) is 0.881. The lowest BCUT2D eigenvalue weighted by molar-refractivity contribution is -0.118. The minimum atomic E-state index is -0.451. The van der Waals surface area contributed by atoms with Crippen molar-refractivity contribution in [2.24, 2.45) is 5.73 Å². The fraction of sp³-hybridized carbons (Fsp3) is 0.182. The van der Waals surface area contributed by atoms with Crippen LogP contribution in [0.2, 0.25) is 5.02 Å². The second-order valence-corrected chi connectivity index (χ2v) is 4.06. The summed E-state index contributed by atoms with van der Waals surface area (Å²) in [5.74, 6) is -0.451. The van der Waals surface area contributed by atoms with Gasteiger partial charge < -0.3 is 5.73 Å². The predicted octanol–water partition coefficient (Wildman–Crippen LogP) is 0.925. The second kappa shape index (κ2) is 4.55. The SMILES string of the molecule is NC(=O)CCn1cnc2cc(Cl)ccc2c1=O. The molecular formula is C11H10ClN3O2. The first-order valence-corrected chi connectivity index (χ1v) is 5.39. The monoisotopic (exact) mass is 251 g/mol. The third-order valence-corrected chi connectivity index (χ3v) is 2.62. The molecule has 1 amide bonds. The van der Waals surface area contributed by atoms with Crippen molar-refractivity contribution >= 4 is 28.4 Å². The summed E-state index contributed by atoms with van der Waals surface area (Å²) in [6.45, 7) is 0.236. The Morgan fingerprint density at radius 2 is 2.24 bits per heavy atom. The maximum Gasteiger partial charge on any atom is 0.261 e. The van der Waals surface area contributed by atoms with E-state index in [1.54, 1.807) is 18.2 Å². The van der Waals surface area contributed by atoms with E-state index in [1.807, 2.05) is 0 Å². The van der Waals surface area contributed by atoms with Gasteiger partial charge in [0.05, 0.1) is 17.2 Å². The molecule has 0 aliphatic rings. The van der Waals surface area contributed by atoms with Crippen LogP contribution in [0.5, 0.6) is 0 Å². The Morgan fingerprint density at radius 1 is 1.47 bits per heavy atom. The predicted molar refractivity (Wildman–Crippen MR) is 64.8 cm³/mol. The van der Waals surface area contributed by atoms with Crippen molar-refractivity contribution < 1.29 is 4.79 Å². The molecule has 2 aromatic rings. The second-order valence-electron chi connectivity index (χ2n) is 3.62. The van der Waals surface area contributed by atoms with E-state index in [0.717, 1.165) is 0 Å². The molecule has 1 heterocycles. The van der Waals surface area contributed by atoms with E-state index in [9.17, 15) is 9.59 Å². The van der Waals surface area contributed by atoms with Crippen LogP contribution in [0.1, 0.15) is 6.42 Å². The van der Waals surface area contributed by atoms with Crippen LogP contribution in [0.3, 0.4) is 0 Å². The number of nitrogens with two attached hydrogens (primary N) is 1. The summed E-state index contributed by atoms with van der Waals surface area (Å²) in [7, 11) is 0. The number of amides is 1. The highest BCUT2D eigenvalue weighted by molar-refractivity contribution is 6.31. The van der Waals surface area contributed by atoms with E-state index < -0.39 is 5.91 Å². The molecule has 2 rings (SSSR count). The average molecular weight is 252 g/mol. The van der Waals surface area contributed by atoms with Crippen LogP contribution in [0, 0.1) is 0 Å². The standard InChI is InChI=1S/C11H10ClN3O2/c12-7-1-2-8-9(5-7)14-6-15(11(8)17)4-3-10(13)16/h1-2,5-6H,3-4H2,(H2,13,16). The Hall–Kier alpha value is -1.88. The molecule has 0 saturated heterocycles. The van der Waals surface area contributed by atoms with Crippen LogP contribution < -0.4 is 11.3 Å². The zero-order valence-electron chi connectivity index (χ0n) is 8.89. The number of hydrogen-bond donors (Lipinski definition) is 1. The van der Waals surface area contributed by atoms with Gasteiger partial charge >= 0.3 is 0 Å². The fourth-order valence-electron chi connectivity index (χ4n) is 1.52. The van der Waals surface area contributed by atoms with Crippen molar-refractivity contribution in [3.63, 3.8) is 0 Å². The topological polar surface area (TPSA) is 78.0 Å². The molecule has 0 saturated carbocycles. The highest BCUT2D eigenvalue weighted by Gasteiger charge is 2.05. The molecule has 1 aromatic carbocycles. The van der Waals surface area contributed by atoms with Crippen molar-refractivity contribution in [1.29, 1.82) is 0 Å². The van der Waals surface area contributed by atoms with E-state index in [4.69, 9.17) is 17.3 Å². The van der Waals surface area contributed by atoms with Crippen molar-refractivity contribution in [2.45, 2.75) is 13.0 Å². The molecule has 0 bridgehead atoms. The van der Waals surface area contributed by atoms with E-state index in [1.165, 1.54) is 10.9 Å². The summed E-state index contributed by atoms with van der Waals surface area (Å²) in [5.41, 5.74) is 5.37. The number of primary amides is 1. The number of rotatable bonds is 3. The van der Waals surface area contributed by atoms with Crippen molar-refractivity contribution in [2.75, 3.05) is 0 Å². The Labute approximate surface area is 102 Å². The van der Waals surface area contributed by atoms with Gasteiger partial charge in [0.1, 0.15) is 0 Å². The number of nitrogens with zero attached hydrogens (tertiary/aromatic N) is 2. The Balaban J connectivity index is 2.47. The first-order valence-electron chi connectivity index (χ1n) is 5.01. The van der Waals surface area contributed by atoms with Gasteiger partial charge in [-0.1, -0.05) is 11.6 Å². The van der Waals surface area contributed by atoms with Gasteiger partial charge in [0, 0.05) is 18.0 Å². The highest BCUT2D eigenvalue weighted by atomic mass is 35.5. The number of aromatic nitrogens is 2. The zero-order chi connectivity index (χ0) is 12.4. The van der Waals surface area contributed by atoms with Crippen LogP contribution in [-0.4, -0.2) is 15.5 Å². The third kappa shape index (κ3) is 2.45. The summed E-state index contributed by atoms with van der Waals surface area (Å²) < 4.78 is 1.36. The first kappa shape index (κ1) is 11.6. The lowest BCUT2D eigenvalue weighted by atomic mass is 10.2. The number of hydrogen-bond acceptors (Lipinski definition) is 3. The van der Waals surface area contributed by atoms with Gasteiger partial charge in [-0.25, -0.2) is 4.98 Å². The number of carbonyl (C=O) groups is 1. The minimum Gasteiger partial charge on any atom is -0.370 e. The van der Waals surface area contributed by atoms with Crippen molar-refractivity contribution in [3.8, 4) is 0 Å². The summed E-state index contributed by atoms with van der Waals surface area (Å²) in [5, 5.41) is 1.00. The number of halogens is 1. The van der Waals surface area contributed by atoms with E-state index in [2.05, 4.69) is 4.98 Å². The maximum absolute atomic E-state index is 12.0. The Morgan fingerprint density at radius 3 is 2.94 bits per heavy atom. The maximum atomic E-state index is 12.0. The number of benzene rings is 1. The molecule has 0 fully saturated rings. The van der Waals surface area contributed by atoms with Gasteiger partial charge in [-0.2, -0.15) is 0 Å². The number of aryl methyl sites for hydroxylation is 1. The minimum absolute atomic E-state index is 0.112. The lowest BCUT2D eigenvalue weighted by Gasteiger charge is -2.05. The van der Waals surface area contributed by atoms with Gasteiger partial charge in [-0.15, -0.1) is 0 Å². The number of carbonyl (C=O) groups excluding carboxylic acids is 1. The first-order chi connectivity index (χ1) is 8.08. The molecule has 0 aliphatic heterocycles. The van der Waals surface area contributed by atoms with Gasteiger partial charge in [0.2, 0.25) is 5.91 Å². The van der Waals surface area contributed by atoms with Gasteiger partial charge in [0.25, 0.3) is 5.56 Å². The van der Waals surface area contributed by atoms with Crippen LogP contribution >= 0.6 is 11.6 Å². The van der Waals surface area contributed by atoms with Crippen LogP contribution in [0.4, 0.5) is 0 Å². The summed E-state index contributed by atoms with van der Waals surface area (Å²) in [4.78, 5) is 26.7. The van der Waals surface area contributed by atoms with Crippen molar-refractivity contribution in [1.82, 2.24) is 9.55 Å². The molecule has 17 heavy (non-hydrogen) atoms. The average Bonchev–Trinajstić information content (AvgIpc) is 2.27. The van der Waals surface area contributed by atoms with Crippen molar-refractivity contribution in [3.05, 3.63) is 39.9 Å². The molecule has 5 nitrogen and oxygen atoms in total. The largest absolute Gasteiger partial charge is 0.370 e. The van der Waals surface area contributed by atoms with Crippen LogP contribution in [0.15, 0.2) is 29.3 Å². The van der Waals surface area contributed by atoms with Gasteiger partial charge in [-0.3, -0.25) is 14.2 Å². The third-order valence-electron chi connectivity index (χ3n) is 2.39. The lowest BCUT2D eigenvalue weighted by Crippen LogP contribution is -2.23. The van der Waals surface area contributed by atoms with Gasteiger partial charge in [-0.05, 0) is 18.2 Å². The molecule has 1 aromatic heterocycles. The molecule has 0 radical (unpaired) electrons. The van der Waals surface area contributed by atoms with E-state index in [0.29, 0.717) is 15.9 Å². The Kier molecular flexibility index (Phi) is 3.10. The molecular weight excluding hydrogens is 242 g/mol. The van der Waals surface area contributed by atoms with Gasteiger partial charge in [0.15, 0.2) is 0 Å². The summed E-state index contributed by atoms with van der Waals surface area (Å²) in [6.07, 6.45) is 1.50. The normalized spacial score (nSPS) is 10.6. The molecule has 6 heteroatoms. The highest BCUT2D eigenvalue weighted by Crippen LogP contribution is 2.14. The zero-order valence-corrected chi connectivity index (χ0v) is 9.65. The molecule has 2 N–H and O–H groups in total. The Bertz CT molecular complexity index is 636. The molecule has 0 atom stereocenters. The van der Waals surface area contributed by atoms with Crippen LogP contribution in [0.25, 0.3) is 10.9 Å². The molecule has 88 valence electrons. The molecule has 0 unspecified atom stereocenters. The van der Waals surface area contributed by atoms with E-state index >= 15 is 0 Å². The number of fused-ring (bicyclic) bond motifs is 1.